The second-order valence-corrected chi connectivity index (χ2v) is 6.10. The van der Waals surface area contributed by atoms with Crippen LogP contribution in [0.4, 0.5) is 0 Å². The molecule has 1 aromatic carbocycles. The van der Waals surface area contributed by atoms with E-state index < -0.39 is 21.4 Å². The van der Waals surface area contributed by atoms with Crippen molar-refractivity contribution in [3.8, 4) is 0 Å². The van der Waals surface area contributed by atoms with Gasteiger partial charge in [-0.15, -0.1) is 0 Å². The van der Waals surface area contributed by atoms with Gasteiger partial charge in [0.05, 0.1) is 0 Å². The molecule has 0 bridgehead atoms. The maximum atomic E-state index is 9.25. The molecular formula is C9H19NO9P2. The molecule has 0 radical (unpaired) electrons. The predicted octanol–water partition coefficient (Wildman–Crippen LogP) is -0.961. The number of benzene rings is 1. The highest BCUT2D eigenvalue weighted by Gasteiger charge is 2.12. The van der Waals surface area contributed by atoms with Crippen molar-refractivity contribution in [3.63, 3.8) is 0 Å². The van der Waals surface area contributed by atoms with Crippen LogP contribution in [0, 0.1) is 0 Å². The molecule has 1 aromatic rings. The molecule has 9 N–H and O–H groups in total. The SMILES string of the molecule is CC(N)(O)Cc1ccccc1.O=P(O)(O)O.O=P(O)(O)O. The first-order chi connectivity index (χ1) is 9.08. The Balaban J connectivity index is 0. The molecule has 0 fully saturated rings. The lowest BCUT2D eigenvalue weighted by Gasteiger charge is -2.16. The molecule has 1 unspecified atom stereocenters. The monoisotopic (exact) mass is 347 g/mol. The second kappa shape index (κ2) is 9.39. The standard InChI is InChI=1S/C9H13NO.2H3O4P/c1-9(10,11)7-8-5-3-2-4-6-8;2*1-5(2,3)4/h2-6,11H,7,10H2,1H3;2*(H3,1,2,3,4). The summed E-state index contributed by atoms with van der Waals surface area (Å²) in [6.07, 6.45) is 0.494. The van der Waals surface area contributed by atoms with E-state index in [1.165, 1.54) is 0 Å². The minimum absolute atomic E-state index is 0.494. The molecule has 0 amide bonds. The summed E-state index contributed by atoms with van der Waals surface area (Å²) in [6.45, 7) is 1.60. The normalized spacial score (nSPS) is 14.0. The Morgan fingerprint density at radius 3 is 1.48 bits per heavy atom. The lowest BCUT2D eigenvalue weighted by atomic mass is 10.1. The largest absolute Gasteiger partial charge is 0.466 e. The summed E-state index contributed by atoms with van der Waals surface area (Å²) < 4.78 is 17.8. The lowest BCUT2D eigenvalue weighted by Crippen LogP contribution is -2.37. The Hall–Kier alpha value is -0.640. The van der Waals surface area contributed by atoms with Crippen LogP contribution < -0.4 is 5.73 Å². The maximum absolute atomic E-state index is 9.25. The smallest absolute Gasteiger partial charge is 0.376 e. The van der Waals surface area contributed by atoms with Gasteiger partial charge in [-0.2, -0.15) is 0 Å². The van der Waals surface area contributed by atoms with Crippen LogP contribution in [0.2, 0.25) is 0 Å². The Kier molecular flexibility index (Phi) is 10.1. The first kappa shape index (κ1) is 22.6. The van der Waals surface area contributed by atoms with Crippen LogP contribution in [0.5, 0.6) is 0 Å². The van der Waals surface area contributed by atoms with Crippen molar-refractivity contribution in [3.05, 3.63) is 35.9 Å². The van der Waals surface area contributed by atoms with Crippen LogP contribution in [-0.2, 0) is 15.6 Å². The maximum Gasteiger partial charge on any atom is 0.466 e. The van der Waals surface area contributed by atoms with E-state index in [9.17, 15) is 5.11 Å². The zero-order valence-corrected chi connectivity index (χ0v) is 12.8. The van der Waals surface area contributed by atoms with Crippen molar-refractivity contribution in [1.82, 2.24) is 0 Å². The molecule has 0 aromatic heterocycles. The van der Waals surface area contributed by atoms with Crippen LogP contribution in [-0.4, -0.2) is 40.2 Å². The van der Waals surface area contributed by atoms with Gasteiger partial charge >= 0.3 is 15.6 Å². The van der Waals surface area contributed by atoms with Crippen molar-refractivity contribution in [2.75, 3.05) is 0 Å². The highest BCUT2D eigenvalue weighted by Crippen LogP contribution is 2.26. The van der Waals surface area contributed by atoms with E-state index in [4.69, 9.17) is 44.2 Å². The zero-order chi connectivity index (χ0) is 17.3. The third-order valence-corrected chi connectivity index (χ3v) is 1.40. The van der Waals surface area contributed by atoms with E-state index in [0.717, 1.165) is 5.56 Å². The molecule has 0 saturated heterocycles. The van der Waals surface area contributed by atoms with E-state index in [0.29, 0.717) is 6.42 Å². The zero-order valence-electron chi connectivity index (χ0n) is 11.0. The molecule has 0 aliphatic carbocycles. The predicted molar refractivity (Wildman–Crippen MR) is 73.5 cm³/mol. The quantitative estimate of drug-likeness (QED) is 0.243. The van der Waals surface area contributed by atoms with Crippen LogP contribution in [0.1, 0.15) is 12.5 Å². The fraction of sp³-hybridized carbons (Fsp3) is 0.333. The van der Waals surface area contributed by atoms with Gasteiger partial charge in [-0.05, 0) is 12.5 Å². The van der Waals surface area contributed by atoms with E-state index in [-0.39, 0.29) is 0 Å². The number of rotatable bonds is 2. The Labute approximate surface area is 121 Å². The number of aliphatic hydroxyl groups is 1. The number of nitrogens with two attached hydrogens (primary N) is 1. The Bertz CT molecular complexity index is 439. The number of hydrogen-bond donors (Lipinski definition) is 8. The van der Waals surface area contributed by atoms with Gasteiger partial charge in [0, 0.05) is 6.42 Å². The van der Waals surface area contributed by atoms with Gasteiger partial charge in [0.15, 0.2) is 0 Å². The van der Waals surface area contributed by atoms with Crippen molar-refractivity contribution < 1.29 is 43.6 Å². The molecular weight excluding hydrogens is 328 g/mol. The summed E-state index contributed by atoms with van der Waals surface area (Å²) in [5, 5.41) is 9.25. The molecule has 1 rings (SSSR count). The summed E-state index contributed by atoms with van der Waals surface area (Å²) in [4.78, 5) is 43.1. The Morgan fingerprint density at radius 1 is 0.952 bits per heavy atom. The van der Waals surface area contributed by atoms with Crippen LogP contribution in [0.25, 0.3) is 0 Å². The van der Waals surface area contributed by atoms with Crippen molar-refractivity contribution >= 4 is 15.6 Å². The minimum Gasteiger partial charge on any atom is -0.376 e. The summed E-state index contributed by atoms with van der Waals surface area (Å²) >= 11 is 0. The van der Waals surface area contributed by atoms with E-state index in [2.05, 4.69) is 0 Å². The van der Waals surface area contributed by atoms with E-state index in [1.807, 2.05) is 30.3 Å². The summed E-state index contributed by atoms with van der Waals surface area (Å²) in [5.74, 6) is 0. The van der Waals surface area contributed by atoms with E-state index >= 15 is 0 Å². The van der Waals surface area contributed by atoms with Crippen molar-refractivity contribution in [2.24, 2.45) is 5.73 Å². The highest BCUT2D eigenvalue weighted by atomic mass is 31.2. The molecule has 0 aliphatic rings. The molecule has 0 spiro atoms. The highest BCUT2D eigenvalue weighted by molar-refractivity contribution is 7.45. The van der Waals surface area contributed by atoms with Crippen LogP contribution >= 0.6 is 15.6 Å². The topological polar surface area (TPSA) is 202 Å². The van der Waals surface area contributed by atoms with Gasteiger partial charge in [-0.25, -0.2) is 9.13 Å². The van der Waals surface area contributed by atoms with E-state index in [1.54, 1.807) is 6.92 Å². The molecule has 10 nitrogen and oxygen atoms in total. The number of phosphoric acid groups is 2. The summed E-state index contributed by atoms with van der Waals surface area (Å²) in [6, 6.07) is 9.69. The lowest BCUT2D eigenvalue weighted by molar-refractivity contribution is 0.0677. The van der Waals surface area contributed by atoms with Gasteiger partial charge in [0.1, 0.15) is 5.72 Å². The second-order valence-electron chi connectivity index (χ2n) is 4.05. The molecule has 0 saturated carbocycles. The first-order valence-corrected chi connectivity index (χ1v) is 8.33. The minimum atomic E-state index is -4.64. The molecule has 21 heavy (non-hydrogen) atoms. The average Bonchev–Trinajstić information content (AvgIpc) is 2.10. The van der Waals surface area contributed by atoms with Gasteiger partial charge in [-0.1, -0.05) is 30.3 Å². The fourth-order valence-electron chi connectivity index (χ4n) is 1.01. The fourth-order valence-corrected chi connectivity index (χ4v) is 1.01. The van der Waals surface area contributed by atoms with Crippen molar-refractivity contribution in [1.29, 1.82) is 0 Å². The van der Waals surface area contributed by atoms with Gasteiger partial charge < -0.3 is 40.2 Å². The molecule has 12 heteroatoms. The average molecular weight is 347 g/mol. The molecule has 124 valence electrons. The third-order valence-electron chi connectivity index (χ3n) is 1.40. The third kappa shape index (κ3) is 38.2. The summed E-state index contributed by atoms with van der Waals surface area (Å²) in [5.41, 5.74) is 5.38. The molecule has 0 heterocycles. The molecule has 0 aliphatic heterocycles. The summed E-state index contributed by atoms with van der Waals surface area (Å²) in [7, 11) is -9.28. The Morgan fingerprint density at radius 2 is 1.24 bits per heavy atom. The van der Waals surface area contributed by atoms with Crippen LogP contribution in [0.3, 0.4) is 0 Å². The molecule has 1 atom stereocenters. The number of hydrogen-bond acceptors (Lipinski definition) is 4. The van der Waals surface area contributed by atoms with Gasteiger partial charge in [0.2, 0.25) is 0 Å². The first-order valence-electron chi connectivity index (χ1n) is 5.20. The van der Waals surface area contributed by atoms with Crippen molar-refractivity contribution in [2.45, 2.75) is 19.1 Å². The van der Waals surface area contributed by atoms with Crippen LogP contribution in [0.15, 0.2) is 30.3 Å². The van der Waals surface area contributed by atoms with Gasteiger partial charge in [-0.3, -0.25) is 0 Å². The van der Waals surface area contributed by atoms with Gasteiger partial charge in [0.25, 0.3) is 0 Å².